The Balaban J connectivity index is 2.39. The summed E-state index contributed by atoms with van der Waals surface area (Å²) in [4.78, 5) is 13.2. The van der Waals surface area contributed by atoms with Crippen molar-refractivity contribution in [3.63, 3.8) is 0 Å². The number of carbonyl (C=O) groups excluding carboxylic acids is 1. The minimum Gasteiger partial charge on any atom is -0.468 e. The Bertz CT molecular complexity index is 194. The topological polar surface area (TPSA) is 29.5 Å². The Kier molecular flexibility index (Phi) is 3.62. The molecule has 0 spiro atoms. The van der Waals surface area contributed by atoms with Crippen molar-refractivity contribution in [2.24, 2.45) is 0 Å². The number of rotatable bonds is 2. The second-order valence-corrected chi connectivity index (χ2v) is 5.70. The smallest absolute Gasteiger partial charge is 0.319 e. The standard InChI is InChI=1S/C9H17NO2S/c1-9(2)7-10(4-5-13-9)6-8(11)12-3/h4-7H2,1-3H3. The van der Waals surface area contributed by atoms with E-state index in [9.17, 15) is 4.79 Å². The summed E-state index contributed by atoms with van der Waals surface area (Å²) in [5, 5.41) is 0. The number of nitrogens with zero attached hydrogens (tertiary/aromatic N) is 1. The van der Waals surface area contributed by atoms with Crippen molar-refractivity contribution < 1.29 is 9.53 Å². The predicted molar refractivity (Wildman–Crippen MR) is 55.0 cm³/mol. The van der Waals surface area contributed by atoms with Gasteiger partial charge in [0.1, 0.15) is 0 Å². The molecule has 1 heterocycles. The van der Waals surface area contributed by atoms with Gasteiger partial charge in [-0.05, 0) is 13.8 Å². The molecule has 0 unspecified atom stereocenters. The summed E-state index contributed by atoms with van der Waals surface area (Å²) in [5.74, 6) is 0.965. The Morgan fingerprint density at radius 1 is 1.62 bits per heavy atom. The van der Waals surface area contributed by atoms with Gasteiger partial charge in [-0.3, -0.25) is 9.69 Å². The van der Waals surface area contributed by atoms with Gasteiger partial charge in [0.2, 0.25) is 0 Å². The predicted octanol–water partition coefficient (Wildman–Crippen LogP) is 0.987. The molecule has 0 aromatic rings. The van der Waals surface area contributed by atoms with E-state index in [0.717, 1.165) is 18.8 Å². The molecule has 1 rings (SSSR count). The van der Waals surface area contributed by atoms with Crippen molar-refractivity contribution in [3.8, 4) is 0 Å². The third-order valence-electron chi connectivity index (χ3n) is 2.09. The van der Waals surface area contributed by atoms with Crippen LogP contribution in [0.4, 0.5) is 0 Å². The fraction of sp³-hybridized carbons (Fsp3) is 0.889. The zero-order valence-electron chi connectivity index (χ0n) is 8.50. The number of carbonyl (C=O) groups is 1. The Morgan fingerprint density at radius 3 is 2.85 bits per heavy atom. The van der Waals surface area contributed by atoms with Crippen molar-refractivity contribution >= 4 is 17.7 Å². The zero-order chi connectivity index (χ0) is 9.90. The average Bonchev–Trinajstić information content (AvgIpc) is 2.02. The second kappa shape index (κ2) is 4.33. The first-order valence-corrected chi connectivity index (χ1v) is 5.45. The molecule has 0 aliphatic carbocycles. The van der Waals surface area contributed by atoms with E-state index in [1.165, 1.54) is 7.11 Å². The van der Waals surface area contributed by atoms with Crippen molar-refractivity contribution in [1.29, 1.82) is 0 Å². The molecule has 13 heavy (non-hydrogen) atoms. The van der Waals surface area contributed by atoms with E-state index in [0.29, 0.717) is 6.54 Å². The van der Waals surface area contributed by atoms with Crippen LogP contribution in [-0.4, -0.2) is 48.1 Å². The Labute approximate surface area is 83.8 Å². The highest BCUT2D eigenvalue weighted by Gasteiger charge is 2.27. The van der Waals surface area contributed by atoms with Gasteiger partial charge < -0.3 is 4.74 Å². The van der Waals surface area contributed by atoms with Gasteiger partial charge in [0.05, 0.1) is 13.7 Å². The van der Waals surface area contributed by atoms with Gasteiger partial charge in [0, 0.05) is 23.6 Å². The molecule has 4 heteroatoms. The first-order valence-electron chi connectivity index (χ1n) is 4.47. The zero-order valence-corrected chi connectivity index (χ0v) is 9.32. The van der Waals surface area contributed by atoms with E-state index in [1.54, 1.807) is 0 Å². The van der Waals surface area contributed by atoms with Gasteiger partial charge in [0.15, 0.2) is 0 Å². The van der Waals surface area contributed by atoms with Crippen molar-refractivity contribution in [2.45, 2.75) is 18.6 Å². The first-order chi connectivity index (χ1) is 6.03. The molecule has 0 aromatic heterocycles. The molecule has 3 nitrogen and oxygen atoms in total. The highest BCUT2D eigenvalue weighted by atomic mass is 32.2. The molecule has 0 atom stereocenters. The lowest BCUT2D eigenvalue weighted by Crippen LogP contribution is -2.45. The number of methoxy groups -OCH3 is 1. The van der Waals surface area contributed by atoms with Crippen LogP contribution in [0.3, 0.4) is 0 Å². The molecule has 1 saturated heterocycles. The maximum atomic E-state index is 11.0. The fourth-order valence-corrected chi connectivity index (χ4v) is 2.67. The van der Waals surface area contributed by atoms with E-state index in [4.69, 9.17) is 0 Å². The molecule has 0 amide bonds. The number of hydrogen-bond acceptors (Lipinski definition) is 4. The van der Waals surface area contributed by atoms with Crippen LogP contribution in [0.15, 0.2) is 0 Å². The van der Waals surface area contributed by atoms with E-state index in [-0.39, 0.29) is 10.7 Å². The second-order valence-electron chi connectivity index (χ2n) is 3.89. The molecule has 0 aromatic carbocycles. The molecule has 0 N–H and O–H groups in total. The van der Waals surface area contributed by atoms with Crippen molar-refractivity contribution in [1.82, 2.24) is 4.90 Å². The van der Waals surface area contributed by atoms with Crippen LogP contribution in [0.25, 0.3) is 0 Å². The first kappa shape index (κ1) is 10.9. The van der Waals surface area contributed by atoms with Gasteiger partial charge in [0.25, 0.3) is 0 Å². The van der Waals surface area contributed by atoms with Crippen LogP contribution in [0, 0.1) is 0 Å². The molecule has 76 valence electrons. The number of esters is 1. The largest absolute Gasteiger partial charge is 0.468 e. The molecular formula is C9H17NO2S. The third kappa shape index (κ3) is 3.56. The van der Waals surface area contributed by atoms with E-state index in [2.05, 4.69) is 23.5 Å². The highest BCUT2D eigenvalue weighted by molar-refractivity contribution is 8.00. The summed E-state index contributed by atoms with van der Waals surface area (Å²) in [6, 6.07) is 0. The van der Waals surface area contributed by atoms with Crippen LogP contribution in [0.1, 0.15) is 13.8 Å². The maximum Gasteiger partial charge on any atom is 0.319 e. The molecule has 1 aliphatic rings. The molecular weight excluding hydrogens is 186 g/mol. The van der Waals surface area contributed by atoms with Crippen LogP contribution < -0.4 is 0 Å². The highest BCUT2D eigenvalue weighted by Crippen LogP contribution is 2.29. The van der Waals surface area contributed by atoms with E-state index < -0.39 is 0 Å². The SMILES string of the molecule is COC(=O)CN1CCSC(C)(C)C1. The summed E-state index contributed by atoms with van der Waals surface area (Å²) < 4.78 is 4.90. The minimum atomic E-state index is -0.136. The molecule has 1 aliphatic heterocycles. The fourth-order valence-electron chi connectivity index (χ4n) is 1.50. The summed E-state index contributed by atoms with van der Waals surface area (Å²) in [6.07, 6.45) is 0. The average molecular weight is 203 g/mol. The van der Waals surface area contributed by atoms with Crippen LogP contribution >= 0.6 is 11.8 Å². The molecule has 1 fully saturated rings. The monoisotopic (exact) mass is 203 g/mol. The number of ether oxygens (including phenoxy) is 1. The molecule has 0 bridgehead atoms. The van der Waals surface area contributed by atoms with Crippen LogP contribution in [0.2, 0.25) is 0 Å². The summed E-state index contributed by atoms with van der Waals surface area (Å²) in [7, 11) is 1.44. The van der Waals surface area contributed by atoms with Gasteiger partial charge >= 0.3 is 5.97 Å². The quantitative estimate of drug-likeness (QED) is 0.626. The number of hydrogen-bond donors (Lipinski definition) is 0. The van der Waals surface area contributed by atoms with Gasteiger partial charge in [-0.2, -0.15) is 11.8 Å². The van der Waals surface area contributed by atoms with Gasteiger partial charge in [-0.1, -0.05) is 0 Å². The third-order valence-corrected chi connectivity index (χ3v) is 3.38. The normalized spacial score (nSPS) is 22.7. The minimum absolute atomic E-state index is 0.136. The van der Waals surface area contributed by atoms with Crippen molar-refractivity contribution in [3.05, 3.63) is 0 Å². The summed E-state index contributed by atoms with van der Waals surface area (Å²) >= 11 is 1.97. The van der Waals surface area contributed by atoms with Gasteiger partial charge in [-0.15, -0.1) is 0 Å². The van der Waals surface area contributed by atoms with E-state index in [1.807, 2.05) is 11.8 Å². The lowest BCUT2D eigenvalue weighted by molar-refractivity contribution is -0.141. The summed E-state index contributed by atoms with van der Waals surface area (Å²) in [5.41, 5.74) is 0. The number of thioether (sulfide) groups is 1. The maximum absolute atomic E-state index is 11.0. The van der Waals surface area contributed by atoms with E-state index >= 15 is 0 Å². The molecule has 0 radical (unpaired) electrons. The van der Waals surface area contributed by atoms with Crippen LogP contribution in [-0.2, 0) is 9.53 Å². The van der Waals surface area contributed by atoms with Gasteiger partial charge in [-0.25, -0.2) is 0 Å². The Hall–Kier alpha value is -0.220. The Morgan fingerprint density at radius 2 is 2.31 bits per heavy atom. The summed E-state index contributed by atoms with van der Waals surface area (Å²) in [6.45, 7) is 6.80. The van der Waals surface area contributed by atoms with Crippen LogP contribution in [0.5, 0.6) is 0 Å². The van der Waals surface area contributed by atoms with Crippen molar-refractivity contribution in [2.75, 3.05) is 32.5 Å². The molecule has 0 saturated carbocycles. The lowest BCUT2D eigenvalue weighted by Gasteiger charge is -2.36. The lowest BCUT2D eigenvalue weighted by atomic mass is 10.2.